The van der Waals surface area contributed by atoms with Crippen molar-refractivity contribution in [2.75, 3.05) is 26.4 Å². The van der Waals surface area contributed by atoms with Gasteiger partial charge in [0.2, 0.25) is 0 Å². The zero-order valence-corrected chi connectivity index (χ0v) is 12.7. The van der Waals surface area contributed by atoms with Crippen LogP contribution < -0.4 is 10.1 Å². The molecule has 20 heavy (non-hydrogen) atoms. The molecule has 2 atom stereocenters. The van der Waals surface area contributed by atoms with Crippen LogP contribution in [0.5, 0.6) is 5.75 Å². The van der Waals surface area contributed by atoms with Crippen LogP contribution in [0.3, 0.4) is 0 Å². The van der Waals surface area contributed by atoms with Gasteiger partial charge in [0, 0.05) is 18.6 Å². The van der Waals surface area contributed by atoms with Gasteiger partial charge in [-0.05, 0) is 43.5 Å². The maximum absolute atomic E-state index is 5.96. The van der Waals surface area contributed by atoms with Crippen molar-refractivity contribution in [3.05, 3.63) is 29.8 Å². The lowest BCUT2D eigenvalue weighted by Gasteiger charge is -2.24. The summed E-state index contributed by atoms with van der Waals surface area (Å²) in [5.74, 6) is 1.54. The Kier molecular flexibility index (Phi) is 6.34. The van der Waals surface area contributed by atoms with Crippen molar-refractivity contribution in [1.29, 1.82) is 0 Å². The molecule has 1 aromatic rings. The zero-order chi connectivity index (χ0) is 14.2. The van der Waals surface area contributed by atoms with Crippen LogP contribution in [0.15, 0.2) is 24.3 Å². The predicted molar refractivity (Wildman–Crippen MR) is 82.3 cm³/mol. The van der Waals surface area contributed by atoms with Gasteiger partial charge in [0.1, 0.15) is 12.4 Å². The Morgan fingerprint density at radius 1 is 1.30 bits per heavy atom. The summed E-state index contributed by atoms with van der Waals surface area (Å²) in [5, 5.41) is 3.60. The monoisotopic (exact) mass is 277 g/mol. The summed E-state index contributed by atoms with van der Waals surface area (Å²) in [5.41, 5.74) is 1.35. The van der Waals surface area contributed by atoms with Gasteiger partial charge in [0.25, 0.3) is 0 Å². The average molecular weight is 277 g/mol. The number of hydrogen-bond acceptors (Lipinski definition) is 3. The molecule has 0 spiro atoms. The molecule has 112 valence electrons. The summed E-state index contributed by atoms with van der Waals surface area (Å²) < 4.78 is 11.5. The van der Waals surface area contributed by atoms with E-state index in [1.165, 1.54) is 5.56 Å². The van der Waals surface area contributed by atoms with Gasteiger partial charge in [-0.3, -0.25) is 0 Å². The van der Waals surface area contributed by atoms with Gasteiger partial charge in [-0.25, -0.2) is 0 Å². The van der Waals surface area contributed by atoms with E-state index in [-0.39, 0.29) is 0 Å². The standard InChI is InChI=1S/C17H27NO2/c1-3-10-18-17(15-9-11-19-12-15)13-20-16-7-5-14(4-2)6-8-16/h5-8,15,17-18H,3-4,9-13H2,1-2H3. The Morgan fingerprint density at radius 3 is 2.70 bits per heavy atom. The lowest BCUT2D eigenvalue weighted by atomic mass is 9.99. The molecule has 0 amide bonds. The van der Waals surface area contributed by atoms with Gasteiger partial charge < -0.3 is 14.8 Å². The molecule has 1 fully saturated rings. The van der Waals surface area contributed by atoms with Crippen LogP contribution in [-0.2, 0) is 11.2 Å². The summed E-state index contributed by atoms with van der Waals surface area (Å²) in [4.78, 5) is 0. The Hall–Kier alpha value is -1.06. The first-order chi connectivity index (χ1) is 9.83. The van der Waals surface area contributed by atoms with Crippen molar-refractivity contribution < 1.29 is 9.47 Å². The highest BCUT2D eigenvalue weighted by atomic mass is 16.5. The molecule has 1 saturated heterocycles. The fourth-order valence-electron chi connectivity index (χ4n) is 2.57. The molecule has 1 aliphatic heterocycles. The van der Waals surface area contributed by atoms with Crippen LogP contribution >= 0.6 is 0 Å². The van der Waals surface area contributed by atoms with Crippen LogP contribution in [0.25, 0.3) is 0 Å². The van der Waals surface area contributed by atoms with Gasteiger partial charge >= 0.3 is 0 Å². The number of ether oxygens (including phenoxy) is 2. The van der Waals surface area contributed by atoms with Crippen molar-refractivity contribution in [3.63, 3.8) is 0 Å². The summed E-state index contributed by atoms with van der Waals surface area (Å²) in [6.45, 7) is 7.87. The normalized spacial score (nSPS) is 20.0. The Morgan fingerprint density at radius 2 is 2.10 bits per heavy atom. The Labute approximate surface area is 122 Å². The number of benzene rings is 1. The van der Waals surface area contributed by atoms with Crippen molar-refractivity contribution in [3.8, 4) is 5.75 Å². The fourth-order valence-corrected chi connectivity index (χ4v) is 2.57. The lowest BCUT2D eigenvalue weighted by Crippen LogP contribution is -2.41. The zero-order valence-electron chi connectivity index (χ0n) is 12.7. The highest BCUT2D eigenvalue weighted by Crippen LogP contribution is 2.19. The molecule has 2 rings (SSSR count). The minimum Gasteiger partial charge on any atom is -0.492 e. The van der Waals surface area contributed by atoms with E-state index in [1.807, 2.05) is 0 Å². The first-order valence-corrected chi connectivity index (χ1v) is 7.86. The summed E-state index contributed by atoms with van der Waals surface area (Å²) in [7, 11) is 0. The van der Waals surface area contributed by atoms with E-state index in [4.69, 9.17) is 9.47 Å². The van der Waals surface area contributed by atoms with Crippen LogP contribution in [0.2, 0.25) is 0 Å². The molecule has 1 heterocycles. The second-order valence-electron chi connectivity index (χ2n) is 5.49. The first-order valence-electron chi connectivity index (χ1n) is 7.86. The number of rotatable bonds is 8. The van der Waals surface area contributed by atoms with Gasteiger partial charge in [0.05, 0.1) is 6.61 Å². The summed E-state index contributed by atoms with van der Waals surface area (Å²) >= 11 is 0. The maximum Gasteiger partial charge on any atom is 0.119 e. The van der Waals surface area contributed by atoms with Crippen molar-refractivity contribution in [2.45, 2.75) is 39.2 Å². The molecule has 1 N–H and O–H groups in total. The van der Waals surface area contributed by atoms with E-state index in [0.717, 1.165) is 51.4 Å². The van der Waals surface area contributed by atoms with E-state index in [1.54, 1.807) is 0 Å². The largest absolute Gasteiger partial charge is 0.492 e. The van der Waals surface area contributed by atoms with Crippen molar-refractivity contribution in [1.82, 2.24) is 5.32 Å². The molecule has 1 aliphatic rings. The lowest BCUT2D eigenvalue weighted by molar-refractivity contribution is 0.160. The van der Waals surface area contributed by atoms with Crippen LogP contribution in [-0.4, -0.2) is 32.4 Å². The molecule has 3 nitrogen and oxygen atoms in total. The smallest absolute Gasteiger partial charge is 0.119 e. The third-order valence-corrected chi connectivity index (χ3v) is 3.95. The minimum atomic E-state index is 0.392. The molecule has 0 saturated carbocycles. The van der Waals surface area contributed by atoms with Gasteiger partial charge in [-0.15, -0.1) is 0 Å². The van der Waals surface area contributed by atoms with E-state index in [0.29, 0.717) is 12.0 Å². The van der Waals surface area contributed by atoms with Gasteiger partial charge in [0.15, 0.2) is 0 Å². The molecule has 0 aliphatic carbocycles. The maximum atomic E-state index is 5.96. The highest BCUT2D eigenvalue weighted by Gasteiger charge is 2.25. The molecule has 2 unspecified atom stereocenters. The van der Waals surface area contributed by atoms with E-state index >= 15 is 0 Å². The van der Waals surface area contributed by atoms with Crippen molar-refractivity contribution >= 4 is 0 Å². The molecule has 1 aromatic carbocycles. The van der Waals surface area contributed by atoms with Crippen LogP contribution in [0.4, 0.5) is 0 Å². The minimum absolute atomic E-state index is 0.392. The fraction of sp³-hybridized carbons (Fsp3) is 0.647. The average Bonchev–Trinajstić information content (AvgIpc) is 3.02. The van der Waals surface area contributed by atoms with E-state index < -0.39 is 0 Å². The topological polar surface area (TPSA) is 30.5 Å². The second kappa shape index (κ2) is 8.28. The summed E-state index contributed by atoms with van der Waals surface area (Å²) in [6.07, 6.45) is 3.36. The van der Waals surface area contributed by atoms with Crippen LogP contribution in [0.1, 0.15) is 32.3 Å². The molecule has 0 aromatic heterocycles. The van der Waals surface area contributed by atoms with Gasteiger partial charge in [-0.2, -0.15) is 0 Å². The number of hydrogen-bond donors (Lipinski definition) is 1. The first kappa shape index (κ1) is 15.3. The van der Waals surface area contributed by atoms with Crippen molar-refractivity contribution in [2.24, 2.45) is 5.92 Å². The molecule has 0 bridgehead atoms. The van der Waals surface area contributed by atoms with Gasteiger partial charge in [-0.1, -0.05) is 26.0 Å². The highest BCUT2D eigenvalue weighted by molar-refractivity contribution is 5.27. The molecule has 3 heteroatoms. The van der Waals surface area contributed by atoms with E-state index in [9.17, 15) is 0 Å². The predicted octanol–water partition coefficient (Wildman–Crippen LogP) is 3.03. The summed E-state index contributed by atoms with van der Waals surface area (Å²) in [6, 6.07) is 8.82. The number of aryl methyl sites for hydroxylation is 1. The second-order valence-corrected chi connectivity index (χ2v) is 5.49. The molecular weight excluding hydrogens is 250 g/mol. The third-order valence-electron chi connectivity index (χ3n) is 3.95. The molecular formula is C17H27NO2. The van der Waals surface area contributed by atoms with E-state index in [2.05, 4.69) is 43.4 Å². The number of nitrogens with one attached hydrogen (secondary N) is 1. The Bertz CT molecular complexity index is 371. The Balaban J connectivity index is 1.86. The quantitative estimate of drug-likeness (QED) is 0.792. The molecule has 0 radical (unpaired) electrons. The third kappa shape index (κ3) is 4.50. The SMILES string of the molecule is CCCNC(COc1ccc(CC)cc1)C1CCOC1. The van der Waals surface area contributed by atoms with Crippen LogP contribution in [0, 0.1) is 5.92 Å².